The third-order valence-corrected chi connectivity index (χ3v) is 6.52. The molecule has 1 aromatic heterocycles. The van der Waals surface area contributed by atoms with Crippen molar-refractivity contribution in [2.45, 2.75) is 13.2 Å². The first-order valence-electron chi connectivity index (χ1n) is 12.9. The van der Waals surface area contributed by atoms with Crippen LogP contribution in [0.3, 0.4) is 0 Å². The standard InChI is InChI=1S/C33H30O8/c1-35-29-28-24(34)18-26(41-30(28)32(37-3)33(38-4)31(29)36-2)23-15-16-25(39-19-21-11-7-5-8-12-21)27(17-23)40-20-22-13-9-6-10-14-22/h5-18H,19-20H2,1-4H3. The Morgan fingerprint density at radius 1 is 0.585 bits per heavy atom. The van der Waals surface area contributed by atoms with E-state index in [1.807, 2.05) is 66.7 Å². The third-order valence-electron chi connectivity index (χ3n) is 6.52. The van der Waals surface area contributed by atoms with E-state index < -0.39 is 0 Å². The maximum absolute atomic E-state index is 13.5. The molecule has 0 saturated heterocycles. The first-order valence-corrected chi connectivity index (χ1v) is 12.9. The molecule has 0 unspecified atom stereocenters. The van der Waals surface area contributed by atoms with Gasteiger partial charge in [0.1, 0.15) is 24.4 Å². The van der Waals surface area contributed by atoms with Crippen molar-refractivity contribution in [3.05, 3.63) is 106 Å². The summed E-state index contributed by atoms with van der Waals surface area (Å²) < 4.78 is 40.8. The predicted octanol–water partition coefficient (Wildman–Crippen LogP) is 6.65. The van der Waals surface area contributed by atoms with Crippen LogP contribution in [0.4, 0.5) is 0 Å². The molecule has 0 aliphatic rings. The molecule has 0 amide bonds. The highest BCUT2D eigenvalue weighted by Crippen LogP contribution is 2.50. The fraction of sp³-hybridized carbons (Fsp3) is 0.182. The van der Waals surface area contributed by atoms with Gasteiger partial charge in [-0.2, -0.15) is 0 Å². The first kappa shape index (κ1) is 27.5. The van der Waals surface area contributed by atoms with Gasteiger partial charge in [0.25, 0.3) is 0 Å². The molecule has 0 aliphatic heterocycles. The highest BCUT2D eigenvalue weighted by Gasteiger charge is 2.27. The van der Waals surface area contributed by atoms with Crippen LogP contribution in [0.1, 0.15) is 11.1 Å². The van der Waals surface area contributed by atoms with Crippen molar-refractivity contribution in [1.29, 1.82) is 0 Å². The molecule has 0 fully saturated rings. The van der Waals surface area contributed by atoms with Gasteiger partial charge in [0.05, 0.1) is 28.4 Å². The number of benzene rings is 4. The van der Waals surface area contributed by atoms with Crippen LogP contribution < -0.4 is 33.8 Å². The summed E-state index contributed by atoms with van der Waals surface area (Å²) in [6.45, 7) is 0.696. The molecule has 5 aromatic rings. The molecule has 41 heavy (non-hydrogen) atoms. The van der Waals surface area contributed by atoms with Crippen LogP contribution in [0.2, 0.25) is 0 Å². The van der Waals surface area contributed by atoms with E-state index in [4.69, 9.17) is 32.8 Å². The Kier molecular flexibility index (Phi) is 8.29. The van der Waals surface area contributed by atoms with E-state index in [1.165, 1.54) is 34.5 Å². The average Bonchev–Trinajstić information content (AvgIpc) is 3.02. The molecule has 0 bridgehead atoms. The van der Waals surface area contributed by atoms with E-state index in [2.05, 4.69) is 0 Å². The van der Waals surface area contributed by atoms with E-state index in [9.17, 15) is 4.79 Å². The highest BCUT2D eigenvalue weighted by atomic mass is 16.5. The maximum atomic E-state index is 13.5. The lowest BCUT2D eigenvalue weighted by atomic mass is 10.1. The summed E-state index contributed by atoms with van der Waals surface area (Å²) in [5, 5.41) is 0.175. The van der Waals surface area contributed by atoms with Crippen LogP contribution in [-0.4, -0.2) is 28.4 Å². The normalized spacial score (nSPS) is 10.7. The number of rotatable bonds is 11. The van der Waals surface area contributed by atoms with Gasteiger partial charge in [-0.3, -0.25) is 4.79 Å². The molecule has 0 aliphatic carbocycles. The van der Waals surface area contributed by atoms with Crippen LogP contribution in [0.5, 0.6) is 34.5 Å². The zero-order valence-electron chi connectivity index (χ0n) is 23.3. The topological polar surface area (TPSA) is 85.6 Å². The second kappa shape index (κ2) is 12.4. The first-order chi connectivity index (χ1) is 20.1. The fourth-order valence-electron chi connectivity index (χ4n) is 4.55. The van der Waals surface area contributed by atoms with E-state index >= 15 is 0 Å². The Bertz CT molecular complexity index is 1690. The number of hydrogen-bond acceptors (Lipinski definition) is 8. The number of hydrogen-bond donors (Lipinski definition) is 0. The van der Waals surface area contributed by atoms with E-state index in [0.29, 0.717) is 36.0 Å². The highest BCUT2D eigenvalue weighted by molar-refractivity contribution is 5.95. The molecule has 4 aromatic carbocycles. The molecule has 0 spiro atoms. The van der Waals surface area contributed by atoms with Gasteiger partial charge >= 0.3 is 0 Å². The van der Waals surface area contributed by atoms with Crippen molar-refractivity contribution < 1.29 is 32.8 Å². The summed E-state index contributed by atoms with van der Waals surface area (Å²) in [4.78, 5) is 13.5. The van der Waals surface area contributed by atoms with Crippen molar-refractivity contribution in [2.24, 2.45) is 0 Å². The molecular weight excluding hydrogens is 524 g/mol. The van der Waals surface area contributed by atoms with Crippen LogP contribution in [0.15, 0.2) is 94.1 Å². The van der Waals surface area contributed by atoms with E-state index in [0.717, 1.165) is 11.1 Å². The Labute approximate surface area is 237 Å². The largest absolute Gasteiger partial charge is 0.492 e. The van der Waals surface area contributed by atoms with E-state index in [1.54, 1.807) is 12.1 Å². The summed E-state index contributed by atoms with van der Waals surface area (Å²) in [5.74, 6) is 2.24. The maximum Gasteiger partial charge on any atom is 0.211 e. The number of ether oxygens (including phenoxy) is 6. The van der Waals surface area contributed by atoms with Crippen molar-refractivity contribution in [1.82, 2.24) is 0 Å². The number of fused-ring (bicyclic) bond motifs is 1. The summed E-state index contributed by atoms with van der Waals surface area (Å²) in [7, 11) is 5.84. The molecule has 8 heteroatoms. The van der Waals surface area contributed by atoms with Crippen LogP contribution in [0, 0.1) is 0 Å². The summed E-state index contributed by atoms with van der Waals surface area (Å²) in [5.41, 5.74) is 2.46. The lowest BCUT2D eigenvalue weighted by Crippen LogP contribution is -2.07. The van der Waals surface area contributed by atoms with Gasteiger partial charge in [-0.05, 0) is 29.3 Å². The second-order valence-corrected chi connectivity index (χ2v) is 9.02. The molecule has 0 radical (unpaired) electrons. The molecule has 210 valence electrons. The van der Waals surface area contributed by atoms with Gasteiger partial charge in [0.15, 0.2) is 28.3 Å². The van der Waals surface area contributed by atoms with Crippen molar-refractivity contribution >= 4 is 11.0 Å². The lowest BCUT2D eigenvalue weighted by Gasteiger charge is -2.18. The van der Waals surface area contributed by atoms with Crippen molar-refractivity contribution in [3.63, 3.8) is 0 Å². The minimum Gasteiger partial charge on any atom is -0.492 e. The fourth-order valence-corrected chi connectivity index (χ4v) is 4.55. The van der Waals surface area contributed by atoms with Crippen molar-refractivity contribution in [3.8, 4) is 45.8 Å². The Morgan fingerprint density at radius 2 is 1.12 bits per heavy atom. The van der Waals surface area contributed by atoms with Crippen molar-refractivity contribution in [2.75, 3.05) is 28.4 Å². The summed E-state index contributed by atoms with van der Waals surface area (Å²) in [6, 6.07) is 26.5. The van der Waals surface area contributed by atoms with Crippen LogP contribution in [0.25, 0.3) is 22.3 Å². The molecule has 1 heterocycles. The minimum atomic E-state index is -0.339. The quantitative estimate of drug-likeness (QED) is 0.179. The molecule has 0 saturated carbocycles. The van der Waals surface area contributed by atoms with Gasteiger partial charge in [0, 0.05) is 11.6 Å². The molecule has 8 nitrogen and oxygen atoms in total. The molecule has 5 rings (SSSR count). The van der Waals surface area contributed by atoms with Gasteiger partial charge in [0.2, 0.25) is 17.2 Å². The van der Waals surface area contributed by atoms with Gasteiger partial charge < -0.3 is 32.8 Å². The van der Waals surface area contributed by atoms with Gasteiger partial charge in [-0.15, -0.1) is 0 Å². The van der Waals surface area contributed by atoms with Crippen LogP contribution in [-0.2, 0) is 13.2 Å². The summed E-state index contributed by atoms with van der Waals surface area (Å²) >= 11 is 0. The van der Waals surface area contributed by atoms with E-state index in [-0.39, 0.29) is 39.4 Å². The van der Waals surface area contributed by atoms with Gasteiger partial charge in [-0.1, -0.05) is 60.7 Å². The average molecular weight is 555 g/mol. The summed E-state index contributed by atoms with van der Waals surface area (Å²) in [6.07, 6.45) is 0. The third kappa shape index (κ3) is 5.63. The number of methoxy groups -OCH3 is 4. The Morgan fingerprint density at radius 3 is 1.68 bits per heavy atom. The predicted molar refractivity (Wildman–Crippen MR) is 156 cm³/mol. The lowest BCUT2D eigenvalue weighted by molar-refractivity contribution is 0.256. The SMILES string of the molecule is COc1c(OC)c(OC)c2c(=O)cc(-c3ccc(OCc4ccccc4)c(OCc4ccccc4)c3)oc2c1OC. The zero-order valence-corrected chi connectivity index (χ0v) is 23.3. The molecular formula is C33H30O8. The smallest absolute Gasteiger partial charge is 0.211 e. The zero-order chi connectivity index (χ0) is 28.8. The van der Waals surface area contributed by atoms with Crippen LogP contribution >= 0.6 is 0 Å². The Hall–Kier alpha value is -5.11. The van der Waals surface area contributed by atoms with Gasteiger partial charge in [-0.25, -0.2) is 0 Å². The molecule has 0 atom stereocenters. The monoisotopic (exact) mass is 554 g/mol. The minimum absolute atomic E-state index is 0.167. The second-order valence-electron chi connectivity index (χ2n) is 9.02. The molecule has 0 N–H and O–H groups in total. The Balaban J connectivity index is 1.60.